The molecule has 1 heterocycles. The van der Waals surface area contributed by atoms with Gasteiger partial charge in [0.25, 0.3) is 0 Å². The maximum absolute atomic E-state index is 3.69. The SMILES string of the molecule is Cc1ccc(CC(C)NCCC2CCCCC2)s1. The van der Waals surface area contributed by atoms with Crippen molar-refractivity contribution in [1.82, 2.24) is 5.32 Å². The molecule has 2 heteroatoms. The summed E-state index contributed by atoms with van der Waals surface area (Å²) in [6.07, 6.45) is 9.92. The van der Waals surface area contributed by atoms with Gasteiger partial charge in [-0.2, -0.15) is 0 Å². The van der Waals surface area contributed by atoms with Gasteiger partial charge < -0.3 is 5.32 Å². The highest BCUT2D eigenvalue weighted by atomic mass is 32.1. The van der Waals surface area contributed by atoms with Gasteiger partial charge in [0.15, 0.2) is 0 Å². The molecule has 1 atom stereocenters. The zero-order valence-corrected chi connectivity index (χ0v) is 12.7. The molecule has 0 radical (unpaired) electrons. The van der Waals surface area contributed by atoms with E-state index >= 15 is 0 Å². The third-order valence-electron chi connectivity index (χ3n) is 4.07. The maximum atomic E-state index is 3.69. The Bertz CT molecular complexity index is 339. The van der Waals surface area contributed by atoms with Gasteiger partial charge in [0.2, 0.25) is 0 Å². The molecular weight excluding hydrogens is 238 g/mol. The highest BCUT2D eigenvalue weighted by Gasteiger charge is 2.13. The zero-order chi connectivity index (χ0) is 12.8. The number of hydrogen-bond donors (Lipinski definition) is 1. The van der Waals surface area contributed by atoms with Crippen LogP contribution < -0.4 is 5.32 Å². The van der Waals surface area contributed by atoms with Crippen molar-refractivity contribution in [2.45, 2.75) is 64.8 Å². The van der Waals surface area contributed by atoms with Crippen molar-refractivity contribution >= 4 is 11.3 Å². The Kier molecular flexibility index (Phi) is 5.71. The van der Waals surface area contributed by atoms with Gasteiger partial charge in [-0.25, -0.2) is 0 Å². The highest BCUT2D eigenvalue weighted by molar-refractivity contribution is 7.11. The van der Waals surface area contributed by atoms with Crippen molar-refractivity contribution in [3.8, 4) is 0 Å². The minimum absolute atomic E-state index is 0.617. The van der Waals surface area contributed by atoms with Crippen LogP contribution in [-0.2, 0) is 6.42 Å². The molecule has 1 N–H and O–H groups in total. The second kappa shape index (κ2) is 7.30. The molecule has 0 saturated heterocycles. The normalized spacial score (nSPS) is 19.0. The summed E-state index contributed by atoms with van der Waals surface area (Å²) >= 11 is 1.94. The molecular formula is C16H27NS. The van der Waals surface area contributed by atoms with Gasteiger partial charge in [-0.15, -0.1) is 11.3 Å². The molecule has 0 amide bonds. The molecule has 0 aliphatic heterocycles. The van der Waals surface area contributed by atoms with Gasteiger partial charge >= 0.3 is 0 Å². The number of aryl methyl sites for hydroxylation is 1. The van der Waals surface area contributed by atoms with Gasteiger partial charge in [-0.1, -0.05) is 32.1 Å². The van der Waals surface area contributed by atoms with Crippen LogP contribution in [0.5, 0.6) is 0 Å². The van der Waals surface area contributed by atoms with E-state index < -0.39 is 0 Å². The van der Waals surface area contributed by atoms with E-state index in [1.54, 1.807) is 0 Å². The smallest absolute Gasteiger partial charge is 0.00870 e. The Balaban J connectivity index is 1.60. The summed E-state index contributed by atoms with van der Waals surface area (Å²) in [4.78, 5) is 2.95. The van der Waals surface area contributed by atoms with Crippen LogP contribution in [0.4, 0.5) is 0 Å². The number of nitrogens with one attached hydrogen (secondary N) is 1. The van der Waals surface area contributed by atoms with Crippen LogP contribution in [0.25, 0.3) is 0 Å². The van der Waals surface area contributed by atoms with Gasteiger partial charge in [0, 0.05) is 15.8 Å². The van der Waals surface area contributed by atoms with E-state index in [9.17, 15) is 0 Å². The first-order chi connectivity index (χ1) is 8.74. The average molecular weight is 265 g/mol. The summed E-state index contributed by atoms with van der Waals surface area (Å²) in [6.45, 7) is 5.71. The predicted octanol–water partition coefficient (Wildman–Crippen LogP) is 4.55. The molecule has 1 aliphatic rings. The number of rotatable bonds is 6. The van der Waals surface area contributed by atoms with Crippen molar-refractivity contribution in [2.24, 2.45) is 5.92 Å². The Labute approximate surface area is 116 Å². The Morgan fingerprint density at radius 2 is 2.06 bits per heavy atom. The topological polar surface area (TPSA) is 12.0 Å². The third kappa shape index (κ3) is 4.74. The van der Waals surface area contributed by atoms with Gasteiger partial charge in [-0.05, 0) is 51.3 Å². The molecule has 1 aromatic heterocycles. The quantitative estimate of drug-likeness (QED) is 0.796. The summed E-state index contributed by atoms with van der Waals surface area (Å²) < 4.78 is 0. The van der Waals surface area contributed by atoms with E-state index in [2.05, 4.69) is 31.3 Å². The zero-order valence-electron chi connectivity index (χ0n) is 11.9. The predicted molar refractivity (Wildman–Crippen MR) is 81.4 cm³/mol. The first-order valence-electron chi connectivity index (χ1n) is 7.53. The second-order valence-electron chi connectivity index (χ2n) is 5.86. The molecule has 1 fully saturated rings. The summed E-state index contributed by atoms with van der Waals surface area (Å²) in [5.74, 6) is 1.00. The summed E-state index contributed by atoms with van der Waals surface area (Å²) in [5, 5.41) is 3.69. The molecule has 1 saturated carbocycles. The highest BCUT2D eigenvalue weighted by Crippen LogP contribution is 2.25. The van der Waals surface area contributed by atoms with E-state index in [1.165, 1.54) is 61.2 Å². The first kappa shape index (κ1) is 14.1. The lowest BCUT2D eigenvalue weighted by Crippen LogP contribution is -2.30. The second-order valence-corrected chi connectivity index (χ2v) is 7.24. The van der Waals surface area contributed by atoms with Crippen LogP contribution in [-0.4, -0.2) is 12.6 Å². The molecule has 1 nitrogen and oxygen atoms in total. The van der Waals surface area contributed by atoms with Crippen molar-refractivity contribution in [2.75, 3.05) is 6.54 Å². The van der Waals surface area contributed by atoms with Crippen LogP contribution in [0.15, 0.2) is 12.1 Å². The largest absolute Gasteiger partial charge is 0.314 e. The minimum Gasteiger partial charge on any atom is -0.314 e. The molecule has 1 aromatic rings. The first-order valence-corrected chi connectivity index (χ1v) is 8.34. The van der Waals surface area contributed by atoms with Crippen LogP contribution >= 0.6 is 11.3 Å². The molecule has 102 valence electrons. The van der Waals surface area contributed by atoms with Gasteiger partial charge in [-0.3, -0.25) is 0 Å². The Morgan fingerprint density at radius 3 is 2.72 bits per heavy atom. The molecule has 0 aromatic carbocycles. The molecule has 18 heavy (non-hydrogen) atoms. The van der Waals surface area contributed by atoms with Crippen molar-refractivity contribution < 1.29 is 0 Å². The standard InChI is InChI=1S/C16H27NS/c1-13(12-16-9-8-14(2)18-16)17-11-10-15-6-4-3-5-7-15/h8-9,13,15,17H,3-7,10-12H2,1-2H3. The van der Waals surface area contributed by atoms with Crippen LogP contribution in [0.2, 0.25) is 0 Å². The van der Waals surface area contributed by atoms with Crippen LogP contribution in [0.1, 0.15) is 55.2 Å². The summed E-state index contributed by atoms with van der Waals surface area (Å²) in [5.41, 5.74) is 0. The maximum Gasteiger partial charge on any atom is 0.00870 e. The lowest BCUT2D eigenvalue weighted by atomic mass is 9.87. The fourth-order valence-electron chi connectivity index (χ4n) is 2.98. The fraction of sp³-hybridized carbons (Fsp3) is 0.750. The van der Waals surface area contributed by atoms with E-state index in [0.29, 0.717) is 6.04 Å². The van der Waals surface area contributed by atoms with Crippen LogP contribution in [0.3, 0.4) is 0 Å². The van der Waals surface area contributed by atoms with E-state index in [0.717, 1.165) is 5.92 Å². The van der Waals surface area contributed by atoms with Gasteiger partial charge in [0.05, 0.1) is 0 Å². The third-order valence-corrected chi connectivity index (χ3v) is 5.10. The Hall–Kier alpha value is -0.340. The van der Waals surface area contributed by atoms with Gasteiger partial charge in [0.1, 0.15) is 0 Å². The molecule has 0 bridgehead atoms. The van der Waals surface area contributed by atoms with Crippen molar-refractivity contribution in [1.29, 1.82) is 0 Å². The number of hydrogen-bond acceptors (Lipinski definition) is 2. The van der Waals surface area contributed by atoms with Crippen LogP contribution in [0, 0.1) is 12.8 Å². The van der Waals surface area contributed by atoms with E-state index in [-0.39, 0.29) is 0 Å². The minimum atomic E-state index is 0.617. The van der Waals surface area contributed by atoms with E-state index in [4.69, 9.17) is 0 Å². The summed E-state index contributed by atoms with van der Waals surface area (Å²) in [6, 6.07) is 5.13. The summed E-state index contributed by atoms with van der Waals surface area (Å²) in [7, 11) is 0. The molecule has 2 rings (SSSR count). The molecule has 0 spiro atoms. The Morgan fingerprint density at radius 1 is 1.28 bits per heavy atom. The average Bonchev–Trinajstić information content (AvgIpc) is 2.76. The van der Waals surface area contributed by atoms with Crippen molar-refractivity contribution in [3.05, 3.63) is 21.9 Å². The molecule has 1 unspecified atom stereocenters. The van der Waals surface area contributed by atoms with E-state index in [1.807, 2.05) is 11.3 Å². The molecule has 1 aliphatic carbocycles. The lowest BCUT2D eigenvalue weighted by molar-refractivity contribution is 0.329. The lowest BCUT2D eigenvalue weighted by Gasteiger charge is -2.22. The fourth-order valence-corrected chi connectivity index (χ4v) is 4.00. The van der Waals surface area contributed by atoms with Crippen molar-refractivity contribution in [3.63, 3.8) is 0 Å². The monoisotopic (exact) mass is 265 g/mol. The number of thiophene rings is 1.